The zero-order valence-corrected chi connectivity index (χ0v) is 8.63. The molecule has 0 radical (unpaired) electrons. The molecule has 72 valence electrons. The number of allylic oxidation sites excluding steroid dienone is 1. The van der Waals surface area contributed by atoms with E-state index in [0.29, 0.717) is 5.92 Å². The van der Waals surface area contributed by atoms with Crippen LogP contribution in [0.3, 0.4) is 0 Å². The Morgan fingerprint density at radius 1 is 1.62 bits per heavy atom. The molecule has 0 saturated heterocycles. The van der Waals surface area contributed by atoms with Gasteiger partial charge in [0.05, 0.1) is 0 Å². The van der Waals surface area contributed by atoms with E-state index in [4.69, 9.17) is 11.2 Å². The zero-order valence-electron chi connectivity index (χ0n) is 8.63. The van der Waals surface area contributed by atoms with E-state index in [0.717, 1.165) is 0 Å². The Morgan fingerprint density at radius 2 is 2.15 bits per heavy atom. The molecule has 0 aromatic carbocycles. The van der Waals surface area contributed by atoms with Crippen LogP contribution in [-0.4, -0.2) is 11.6 Å². The summed E-state index contributed by atoms with van der Waals surface area (Å²) in [6, 6.07) is 0. The Morgan fingerprint density at radius 3 is 2.46 bits per heavy atom. The standard InChI is InChI=1S/C11H16O2/c1-6-11(5,13-10(4)12)8-7-9(2)3/h1,7-9H,2-5H3. The summed E-state index contributed by atoms with van der Waals surface area (Å²) >= 11 is 0. The highest BCUT2D eigenvalue weighted by Gasteiger charge is 2.20. The van der Waals surface area contributed by atoms with Crippen molar-refractivity contribution in [3.63, 3.8) is 0 Å². The van der Waals surface area contributed by atoms with Crippen molar-refractivity contribution in [3.05, 3.63) is 12.2 Å². The van der Waals surface area contributed by atoms with Crippen LogP contribution in [0.25, 0.3) is 0 Å². The van der Waals surface area contributed by atoms with Gasteiger partial charge < -0.3 is 4.74 Å². The lowest BCUT2D eigenvalue weighted by Gasteiger charge is -2.19. The molecule has 0 aliphatic rings. The van der Waals surface area contributed by atoms with E-state index in [1.54, 1.807) is 13.0 Å². The van der Waals surface area contributed by atoms with Gasteiger partial charge in [0.1, 0.15) is 0 Å². The number of terminal acetylenes is 1. The molecule has 0 bridgehead atoms. The largest absolute Gasteiger partial charge is 0.443 e. The van der Waals surface area contributed by atoms with Gasteiger partial charge in [-0.05, 0) is 18.9 Å². The van der Waals surface area contributed by atoms with E-state index in [1.807, 2.05) is 19.9 Å². The number of rotatable bonds is 3. The second-order valence-corrected chi connectivity index (χ2v) is 3.45. The average Bonchev–Trinajstić information content (AvgIpc) is 2.00. The van der Waals surface area contributed by atoms with Gasteiger partial charge in [-0.2, -0.15) is 0 Å². The summed E-state index contributed by atoms with van der Waals surface area (Å²) in [5.41, 5.74) is -0.907. The van der Waals surface area contributed by atoms with Crippen LogP contribution < -0.4 is 0 Å². The van der Waals surface area contributed by atoms with Crippen LogP contribution in [0.15, 0.2) is 12.2 Å². The van der Waals surface area contributed by atoms with E-state index in [-0.39, 0.29) is 5.97 Å². The summed E-state index contributed by atoms with van der Waals surface area (Å²) in [5, 5.41) is 0. The van der Waals surface area contributed by atoms with Crippen LogP contribution >= 0.6 is 0 Å². The molecule has 0 N–H and O–H groups in total. The third-order valence-electron chi connectivity index (χ3n) is 1.44. The Labute approximate surface area is 80.0 Å². The highest BCUT2D eigenvalue weighted by atomic mass is 16.6. The third kappa shape index (κ3) is 5.08. The van der Waals surface area contributed by atoms with Crippen molar-refractivity contribution >= 4 is 5.97 Å². The van der Waals surface area contributed by atoms with Crippen molar-refractivity contribution in [2.75, 3.05) is 0 Å². The van der Waals surface area contributed by atoms with Gasteiger partial charge in [0.25, 0.3) is 0 Å². The Hall–Kier alpha value is -1.23. The SMILES string of the molecule is C#CC(C)(C=CC(C)C)OC(C)=O. The molecule has 0 saturated carbocycles. The van der Waals surface area contributed by atoms with Gasteiger partial charge >= 0.3 is 5.97 Å². The molecule has 2 nitrogen and oxygen atoms in total. The van der Waals surface area contributed by atoms with E-state index in [2.05, 4.69) is 5.92 Å². The second kappa shape index (κ2) is 4.71. The molecule has 0 heterocycles. The summed E-state index contributed by atoms with van der Waals surface area (Å²) < 4.78 is 4.98. The molecule has 0 aliphatic carbocycles. The summed E-state index contributed by atoms with van der Waals surface area (Å²) in [6.07, 6.45) is 8.92. The minimum Gasteiger partial charge on any atom is -0.443 e. The van der Waals surface area contributed by atoms with Gasteiger partial charge in [-0.1, -0.05) is 25.8 Å². The lowest BCUT2D eigenvalue weighted by Crippen LogP contribution is -2.26. The lowest BCUT2D eigenvalue weighted by molar-refractivity contribution is -0.147. The van der Waals surface area contributed by atoms with Crippen LogP contribution in [0.4, 0.5) is 0 Å². The van der Waals surface area contributed by atoms with Crippen LogP contribution in [0.1, 0.15) is 27.7 Å². The Balaban J connectivity index is 4.48. The number of esters is 1. The second-order valence-electron chi connectivity index (χ2n) is 3.45. The molecule has 0 amide bonds. The van der Waals surface area contributed by atoms with Crippen molar-refractivity contribution in [3.8, 4) is 12.3 Å². The summed E-state index contributed by atoms with van der Waals surface area (Å²) in [5.74, 6) is 2.46. The Bertz CT molecular complexity index is 245. The first-order valence-corrected chi connectivity index (χ1v) is 4.26. The highest BCUT2D eigenvalue weighted by molar-refractivity contribution is 5.67. The fraction of sp³-hybridized carbons (Fsp3) is 0.545. The van der Waals surface area contributed by atoms with Crippen LogP contribution in [-0.2, 0) is 9.53 Å². The summed E-state index contributed by atoms with van der Waals surface area (Å²) in [6.45, 7) is 7.09. The fourth-order valence-corrected chi connectivity index (χ4v) is 0.786. The molecule has 0 fully saturated rings. The Kier molecular flexibility index (Phi) is 4.27. The van der Waals surface area contributed by atoms with Crippen molar-refractivity contribution in [2.45, 2.75) is 33.3 Å². The predicted molar refractivity (Wildman–Crippen MR) is 53.0 cm³/mol. The smallest absolute Gasteiger partial charge is 0.304 e. The van der Waals surface area contributed by atoms with Crippen molar-refractivity contribution in [1.29, 1.82) is 0 Å². The van der Waals surface area contributed by atoms with Gasteiger partial charge in [-0.25, -0.2) is 0 Å². The van der Waals surface area contributed by atoms with Crippen molar-refractivity contribution in [1.82, 2.24) is 0 Å². The molecular weight excluding hydrogens is 164 g/mol. The fourth-order valence-electron chi connectivity index (χ4n) is 0.786. The molecule has 1 atom stereocenters. The molecule has 0 spiro atoms. The first kappa shape index (κ1) is 11.8. The average molecular weight is 180 g/mol. The van der Waals surface area contributed by atoms with Gasteiger partial charge in [0.15, 0.2) is 5.60 Å². The molecular formula is C11H16O2. The quantitative estimate of drug-likeness (QED) is 0.378. The van der Waals surface area contributed by atoms with Gasteiger partial charge in [0, 0.05) is 6.92 Å². The molecule has 0 aromatic rings. The number of carbonyl (C=O) groups is 1. The van der Waals surface area contributed by atoms with E-state index >= 15 is 0 Å². The van der Waals surface area contributed by atoms with E-state index in [9.17, 15) is 4.79 Å². The molecule has 13 heavy (non-hydrogen) atoms. The summed E-state index contributed by atoms with van der Waals surface area (Å²) in [4.78, 5) is 10.7. The van der Waals surface area contributed by atoms with Gasteiger partial charge in [-0.3, -0.25) is 4.79 Å². The maximum atomic E-state index is 10.7. The van der Waals surface area contributed by atoms with Crippen LogP contribution in [0.5, 0.6) is 0 Å². The van der Waals surface area contributed by atoms with E-state index in [1.165, 1.54) is 6.92 Å². The van der Waals surface area contributed by atoms with Crippen molar-refractivity contribution < 1.29 is 9.53 Å². The van der Waals surface area contributed by atoms with Gasteiger partial charge in [0.2, 0.25) is 0 Å². The predicted octanol–water partition coefficient (Wildman–Crippen LogP) is 2.15. The maximum absolute atomic E-state index is 10.7. The number of hydrogen-bond donors (Lipinski definition) is 0. The minimum absolute atomic E-state index is 0.367. The normalized spacial score (nSPS) is 15.4. The molecule has 0 aliphatic heterocycles. The van der Waals surface area contributed by atoms with Crippen LogP contribution in [0, 0.1) is 18.3 Å². The first-order chi connectivity index (χ1) is 5.89. The van der Waals surface area contributed by atoms with Gasteiger partial charge in [-0.15, -0.1) is 6.42 Å². The third-order valence-corrected chi connectivity index (χ3v) is 1.44. The zero-order chi connectivity index (χ0) is 10.5. The highest BCUT2D eigenvalue weighted by Crippen LogP contribution is 2.12. The minimum atomic E-state index is -0.907. The topological polar surface area (TPSA) is 26.3 Å². The maximum Gasteiger partial charge on any atom is 0.304 e. The first-order valence-electron chi connectivity index (χ1n) is 4.26. The van der Waals surface area contributed by atoms with Crippen molar-refractivity contribution in [2.24, 2.45) is 5.92 Å². The monoisotopic (exact) mass is 180 g/mol. The molecule has 0 rings (SSSR count). The number of hydrogen-bond acceptors (Lipinski definition) is 2. The lowest BCUT2D eigenvalue weighted by atomic mass is 10.0. The van der Waals surface area contributed by atoms with Crippen LogP contribution in [0.2, 0.25) is 0 Å². The molecule has 1 unspecified atom stereocenters. The number of carbonyl (C=O) groups excluding carboxylic acids is 1. The summed E-state index contributed by atoms with van der Waals surface area (Å²) in [7, 11) is 0. The number of ether oxygens (including phenoxy) is 1. The molecule has 2 heteroatoms. The van der Waals surface area contributed by atoms with E-state index < -0.39 is 5.60 Å². The molecule has 0 aromatic heterocycles.